The summed E-state index contributed by atoms with van der Waals surface area (Å²) in [5.74, 6) is -0.268. The maximum absolute atomic E-state index is 11.6. The van der Waals surface area contributed by atoms with Gasteiger partial charge in [0.05, 0.1) is 6.61 Å². The minimum absolute atomic E-state index is 0.132. The van der Waals surface area contributed by atoms with Crippen molar-refractivity contribution in [2.75, 3.05) is 13.2 Å². The smallest absolute Gasteiger partial charge is 0.303 e. The van der Waals surface area contributed by atoms with E-state index < -0.39 is 5.97 Å². The third-order valence-corrected chi connectivity index (χ3v) is 2.75. The molecule has 0 aliphatic rings. The van der Waals surface area contributed by atoms with Crippen molar-refractivity contribution in [3.63, 3.8) is 0 Å². The summed E-state index contributed by atoms with van der Waals surface area (Å²) in [5, 5.41) is 11.2. The first-order chi connectivity index (χ1) is 10.1. The number of unbranched alkanes of at least 4 members (excludes halogenated alkanes) is 1. The number of ether oxygens (including phenoxy) is 1. The van der Waals surface area contributed by atoms with E-state index in [1.165, 1.54) is 6.08 Å². The molecule has 1 aromatic carbocycles. The molecule has 0 fully saturated rings. The third-order valence-electron chi connectivity index (χ3n) is 2.75. The standard InChI is InChI=1S/C16H21NO4/c1-2-21-14-8-4-3-7-13(14)10-11-15(18)17-12-6-5-9-16(19)20/h3-4,7-8,10-11H,2,5-6,9,12H2,1H3,(H,17,18)(H,19,20). The van der Waals surface area contributed by atoms with Gasteiger partial charge in [0.15, 0.2) is 0 Å². The quantitative estimate of drug-likeness (QED) is 0.541. The first-order valence-corrected chi connectivity index (χ1v) is 7.03. The number of para-hydroxylation sites is 1. The second kappa shape index (κ2) is 9.58. The summed E-state index contributed by atoms with van der Waals surface area (Å²) in [4.78, 5) is 22.0. The molecule has 0 aliphatic carbocycles. The molecule has 0 aliphatic heterocycles. The lowest BCUT2D eigenvalue weighted by molar-refractivity contribution is -0.137. The minimum Gasteiger partial charge on any atom is -0.493 e. The molecule has 2 N–H and O–H groups in total. The Bertz CT molecular complexity index is 497. The summed E-state index contributed by atoms with van der Waals surface area (Å²) >= 11 is 0. The number of hydrogen-bond acceptors (Lipinski definition) is 3. The molecular weight excluding hydrogens is 270 g/mol. The van der Waals surface area contributed by atoms with Crippen LogP contribution in [0, 0.1) is 0 Å². The number of rotatable bonds is 9. The molecule has 0 heterocycles. The number of carboxylic acids is 1. The highest BCUT2D eigenvalue weighted by atomic mass is 16.5. The highest BCUT2D eigenvalue weighted by Crippen LogP contribution is 2.19. The van der Waals surface area contributed by atoms with Crippen molar-refractivity contribution in [2.24, 2.45) is 0 Å². The number of carbonyl (C=O) groups is 2. The van der Waals surface area contributed by atoms with Crippen LogP contribution in [-0.4, -0.2) is 30.1 Å². The fourth-order valence-electron chi connectivity index (χ4n) is 1.74. The first-order valence-electron chi connectivity index (χ1n) is 7.03. The normalized spacial score (nSPS) is 10.5. The van der Waals surface area contributed by atoms with Crippen LogP contribution in [0.3, 0.4) is 0 Å². The van der Waals surface area contributed by atoms with Crippen molar-refractivity contribution in [2.45, 2.75) is 26.2 Å². The molecule has 0 saturated heterocycles. The SMILES string of the molecule is CCOc1ccccc1C=CC(=O)NCCCCC(=O)O. The fourth-order valence-corrected chi connectivity index (χ4v) is 1.74. The zero-order chi connectivity index (χ0) is 15.5. The highest BCUT2D eigenvalue weighted by molar-refractivity contribution is 5.92. The molecule has 0 unspecified atom stereocenters. The van der Waals surface area contributed by atoms with E-state index >= 15 is 0 Å². The molecule has 0 bridgehead atoms. The second-order valence-electron chi connectivity index (χ2n) is 4.45. The number of carbonyl (C=O) groups excluding carboxylic acids is 1. The molecule has 114 valence electrons. The Morgan fingerprint density at radius 2 is 2.05 bits per heavy atom. The fraction of sp³-hybridized carbons (Fsp3) is 0.375. The van der Waals surface area contributed by atoms with Crippen LogP contribution in [0.5, 0.6) is 5.75 Å². The summed E-state index contributed by atoms with van der Waals surface area (Å²) in [6, 6.07) is 7.49. The average Bonchev–Trinajstić information content (AvgIpc) is 2.46. The zero-order valence-corrected chi connectivity index (χ0v) is 12.2. The van der Waals surface area contributed by atoms with Crippen molar-refractivity contribution in [1.82, 2.24) is 5.32 Å². The second-order valence-corrected chi connectivity index (χ2v) is 4.45. The largest absolute Gasteiger partial charge is 0.493 e. The minimum atomic E-state index is -0.811. The molecule has 0 radical (unpaired) electrons. The Hall–Kier alpha value is -2.30. The lowest BCUT2D eigenvalue weighted by Crippen LogP contribution is -2.22. The molecule has 5 nitrogen and oxygen atoms in total. The number of amides is 1. The Labute approximate surface area is 124 Å². The van der Waals surface area contributed by atoms with E-state index in [0.717, 1.165) is 11.3 Å². The molecule has 5 heteroatoms. The predicted molar refractivity (Wildman–Crippen MR) is 81.1 cm³/mol. The van der Waals surface area contributed by atoms with Gasteiger partial charge in [-0.25, -0.2) is 0 Å². The first kappa shape index (κ1) is 16.8. The molecule has 0 atom stereocenters. The van der Waals surface area contributed by atoms with E-state index in [-0.39, 0.29) is 12.3 Å². The number of aliphatic carboxylic acids is 1. The van der Waals surface area contributed by atoms with Gasteiger partial charge in [0, 0.05) is 24.6 Å². The Morgan fingerprint density at radius 1 is 1.29 bits per heavy atom. The van der Waals surface area contributed by atoms with E-state index in [2.05, 4.69) is 5.32 Å². The van der Waals surface area contributed by atoms with Crippen molar-refractivity contribution in [3.05, 3.63) is 35.9 Å². The van der Waals surface area contributed by atoms with Gasteiger partial charge in [-0.1, -0.05) is 18.2 Å². The average molecular weight is 291 g/mol. The van der Waals surface area contributed by atoms with Gasteiger partial charge in [0.25, 0.3) is 0 Å². The van der Waals surface area contributed by atoms with Crippen LogP contribution in [0.15, 0.2) is 30.3 Å². The predicted octanol–water partition coefficient (Wildman–Crippen LogP) is 2.47. The van der Waals surface area contributed by atoms with E-state index in [4.69, 9.17) is 9.84 Å². The molecule has 0 aromatic heterocycles. The van der Waals surface area contributed by atoms with Gasteiger partial charge in [0.2, 0.25) is 5.91 Å². The van der Waals surface area contributed by atoms with Crippen LogP contribution < -0.4 is 10.1 Å². The summed E-state index contributed by atoms with van der Waals surface area (Å²) in [6.07, 6.45) is 4.51. The summed E-state index contributed by atoms with van der Waals surface area (Å²) < 4.78 is 5.47. The highest BCUT2D eigenvalue weighted by Gasteiger charge is 2.00. The van der Waals surface area contributed by atoms with Crippen molar-refractivity contribution >= 4 is 18.0 Å². The monoisotopic (exact) mass is 291 g/mol. The van der Waals surface area contributed by atoms with Gasteiger partial charge < -0.3 is 15.2 Å². The van der Waals surface area contributed by atoms with E-state index in [0.29, 0.717) is 26.0 Å². The van der Waals surface area contributed by atoms with Crippen molar-refractivity contribution in [3.8, 4) is 5.75 Å². The van der Waals surface area contributed by atoms with Gasteiger partial charge in [-0.2, -0.15) is 0 Å². The molecule has 1 aromatic rings. The van der Waals surface area contributed by atoms with Crippen LogP contribution in [0.4, 0.5) is 0 Å². The lowest BCUT2D eigenvalue weighted by atomic mass is 10.2. The Kier molecular flexibility index (Phi) is 7.64. The maximum atomic E-state index is 11.6. The van der Waals surface area contributed by atoms with Crippen LogP contribution in [-0.2, 0) is 9.59 Å². The number of hydrogen-bond donors (Lipinski definition) is 2. The van der Waals surface area contributed by atoms with Crippen LogP contribution in [0.2, 0.25) is 0 Å². The van der Waals surface area contributed by atoms with Crippen molar-refractivity contribution in [1.29, 1.82) is 0 Å². The lowest BCUT2D eigenvalue weighted by Gasteiger charge is -2.06. The van der Waals surface area contributed by atoms with Crippen LogP contribution in [0.1, 0.15) is 31.7 Å². The third kappa shape index (κ3) is 7.15. The van der Waals surface area contributed by atoms with Gasteiger partial charge in [-0.15, -0.1) is 0 Å². The van der Waals surface area contributed by atoms with E-state index in [1.807, 2.05) is 31.2 Å². The topological polar surface area (TPSA) is 75.6 Å². The summed E-state index contributed by atoms with van der Waals surface area (Å²) in [6.45, 7) is 2.95. The van der Waals surface area contributed by atoms with Gasteiger partial charge >= 0.3 is 5.97 Å². The van der Waals surface area contributed by atoms with Crippen LogP contribution in [0.25, 0.3) is 6.08 Å². The number of nitrogens with one attached hydrogen (secondary N) is 1. The molecule has 0 saturated carbocycles. The van der Waals surface area contributed by atoms with Crippen LogP contribution >= 0.6 is 0 Å². The maximum Gasteiger partial charge on any atom is 0.303 e. The number of carboxylic acid groups (broad SMARTS) is 1. The molecule has 0 spiro atoms. The summed E-state index contributed by atoms with van der Waals surface area (Å²) in [7, 11) is 0. The summed E-state index contributed by atoms with van der Waals surface area (Å²) in [5.41, 5.74) is 0.848. The molecule has 1 rings (SSSR count). The van der Waals surface area contributed by atoms with Gasteiger partial charge in [-0.3, -0.25) is 9.59 Å². The van der Waals surface area contributed by atoms with E-state index in [9.17, 15) is 9.59 Å². The molecule has 1 amide bonds. The molecular formula is C16H21NO4. The Morgan fingerprint density at radius 3 is 2.76 bits per heavy atom. The van der Waals surface area contributed by atoms with Crippen molar-refractivity contribution < 1.29 is 19.4 Å². The zero-order valence-electron chi connectivity index (χ0n) is 12.2. The molecule has 21 heavy (non-hydrogen) atoms. The van der Waals surface area contributed by atoms with Gasteiger partial charge in [0.1, 0.15) is 5.75 Å². The van der Waals surface area contributed by atoms with E-state index in [1.54, 1.807) is 6.08 Å². The van der Waals surface area contributed by atoms with Gasteiger partial charge in [-0.05, 0) is 31.9 Å². The Balaban J connectivity index is 2.38. The number of benzene rings is 1.